The molecule has 0 N–H and O–H groups in total. The minimum atomic E-state index is 0.0986. The van der Waals surface area contributed by atoms with Crippen LogP contribution in [0.3, 0.4) is 0 Å². The molecule has 1 saturated carbocycles. The van der Waals surface area contributed by atoms with Gasteiger partial charge in [-0.2, -0.15) is 0 Å². The van der Waals surface area contributed by atoms with Gasteiger partial charge in [-0.15, -0.1) is 0 Å². The molecule has 0 aromatic heterocycles. The van der Waals surface area contributed by atoms with E-state index >= 15 is 0 Å². The second-order valence-electron chi connectivity index (χ2n) is 8.80. The Bertz CT molecular complexity index is 1040. The molecule has 0 radical (unpaired) electrons. The maximum Gasteiger partial charge on any atom is 0.254 e. The number of benzene rings is 3. The molecule has 4 heteroatoms. The monoisotopic (exact) mass is 427 g/mol. The van der Waals surface area contributed by atoms with E-state index in [1.54, 1.807) is 0 Å². The third kappa shape index (κ3) is 5.03. The van der Waals surface area contributed by atoms with Crippen LogP contribution in [0.5, 0.6) is 5.75 Å². The number of rotatable bonds is 8. The number of ether oxygens (including phenoxy) is 2. The van der Waals surface area contributed by atoms with E-state index in [9.17, 15) is 4.79 Å². The van der Waals surface area contributed by atoms with Crippen LogP contribution in [0.4, 0.5) is 0 Å². The van der Waals surface area contributed by atoms with Gasteiger partial charge in [-0.25, -0.2) is 0 Å². The zero-order chi connectivity index (χ0) is 21.8. The molecule has 1 amide bonds. The van der Waals surface area contributed by atoms with Gasteiger partial charge in [0.2, 0.25) is 0 Å². The van der Waals surface area contributed by atoms with Crippen molar-refractivity contribution in [3.05, 3.63) is 90.0 Å². The van der Waals surface area contributed by atoms with Crippen LogP contribution in [-0.4, -0.2) is 36.7 Å². The Morgan fingerprint density at radius 1 is 0.906 bits per heavy atom. The van der Waals surface area contributed by atoms with Gasteiger partial charge in [0.15, 0.2) is 0 Å². The maximum absolute atomic E-state index is 13.3. The largest absolute Gasteiger partial charge is 0.493 e. The molecule has 0 spiro atoms. The van der Waals surface area contributed by atoms with Crippen LogP contribution < -0.4 is 4.74 Å². The average molecular weight is 428 g/mol. The van der Waals surface area contributed by atoms with Crippen molar-refractivity contribution in [1.82, 2.24) is 4.90 Å². The summed E-state index contributed by atoms with van der Waals surface area (Å²) < 4.78 is 11.4. The molecule has 32 heavy (non-hydrogen) atoms. The molecule has 4 nitrogen and oxygen atoms in total. The lowest BCUT2D eigenvalue weighted by Crippen LogP contribution is -2.32. The van der Waals surface area contributed by atoms with E-state index in [0.717, 1.165) is 60.5 Å². The highest BCUT2D eigenvalue weighted by Crippen LogP contribution is 2.31. The SMILES string of the molecule is O=C(c1ccc(-c2ccccc2)cc1)N(Cc1cccc(OCC2CCOC2)c1)C1CC1. The Hall–Kier alpha value is -3.11. The van der Waals surface area contributed by atoms with Gasteiger partial charge in [0.25, 0.3) is 5.91 Å². The average Bonchev–Trinajstić information content (AvgIpc) is 3.56. The van der Waals surface area contributed by atoms with Crippen molar-refractivity contribution < 1.29 is 14.3 Å². The van der Waals surface area contributed by atoms with Crippen LogP contribution in [0.2, 0.25) is 0 Å². The highest BCUT2D eigenvalue weighted by molar-refractivity contribution is 5.95. The normalized spacial score (nSPS) is 17.8. The van der Waals surface area contributed by atoms with Crippen molar-refractivity contribution in [1.29, 1.82) is 0 Å². The summed E-state index contributed by atoms with van der Waals surface area (Å²) in [7, 11) is 0. The molecule has 2 fully saturated rings. The lowest BCUT2D eigenvalue weighted by molar-refractivity contribution is 0.0729. The first-order valence-corrected chi connectivity index (χ1v) is 11.5. The standard InChI is InChI=1S/C28H29NO3/c30-28(25-11-9-24(10-12-25)23-6-2-1-3-7-23)29(26-13-14-26)18-21-5-4-8-27(17-21)32-20-22-15-16-31-19-22/h1-12,17,22,26H,13-16,18-20H2. The zero-order valence-electron chi connectivity index (χ0n) is 18.3. The van der Waals surface area contributed by atoms with E-state index in [1.807, 2.05) is 59.5 Å². The van der Waals surface area contributed by atoms with Crippen molar-refractivity contribution in [3.63, 3.8) is 0 Å². The summed E-state index contributed by atoms with van der Waals surface area (Å²) in [5.41, 5.74) is 4.13. The minimum Gasteiger partial charge on any atom is -0.493 e. The van der Waals surface area contributed by atoms with Crippen LogP contribution in [0.25, 0.3) is 11.1 Å². The van der Waals surface area contributed by atoms with E-state index in [-0.39, 0.29) is 5.91 Å². The molecule has 1 aliphatic carbocycles. The topological polar surface area (TPSA) is 38.8 Å². The molecule has 1 atom stereocenters. The van der Waals surface area contributed by atoms with Crippen molar-refractivity contribution in [2.75, 3.05) is 19.8 Å². The van der Waals surface area contributed by atoms with Crippen LogP contribution >= 0.6 is 0 Å². The third-order valence-corrected chi connectivity index (χ3v) is 6.25. The number of carbonyl (C=O) groups excluding carboxylic acids is 1. The lowest BCUT2D eigenvalue weighted by Gasteiger charge is -2.23. The first-order chi connectivity index (χ1) is 15.8. The van der Waals surface area contributed by atoms with Crippen LogP contribution in [-0.2, 0) is 11.3 Å². The molecule has 1 heterocycles. The van der Waals surface area contributed by atoms with E-state index < -0.39 is 0 Å². The van der Waals surface area contributed by atoms with E-state index in [1.165, 1.54) is 0 Å². The van der Waals surface area contributed by atoms with Crippen LogP contribution in [0.15, 0.2) is 78.9 Å². The van der Waals surface area contributed by atoms with Gasteiger partial charge in [0.05, 0.1) is 13.2 Å². The molecule has 164 valence electrons. The highest BCUT2D eigenvalue weighted by atomic mass is 16.5. The molecule has 2 aliphatic rings. The quantitative estimate of drug-likeness (QED) is 0.471. The second kappa shape index (κ2) is 9.58. The smallest absolute Gasteiger partial charge is 0.254 e. The first-order valence-electron chi connectivity index (χ1n) is 11.5. The van der Waals surface area contributed by atoms with Gasteiger partial charge in [-0.05, 0) is 60.2 Å². The fourth-order valence-corrected chi connectivity index (χ4v) is 4.21. The number of nitrogens with zero attached hydrogens (tertiary/aromatic N) is 1. The van der Waals surface area contributed by atoms with Gasteiger partial charge in [-0.3, -0.25) is 4.79 Å². The van der Waals surface area contributed by atoms with Gasteiger partial charge in [0, 0.05) is 30.7 Å². The molecule has 0 bridgehead atoms. The Morgan fingerprint density at radius 2 is 1.69 bits per heavy atom. The fraction of sp³-hybridized carbons (Fsp3) is 0.321. The van der Waals surface area contributed by atoms with Crippen molar-refractivity contribution >= 4 is 5.91 Å². The number of hydrogen-bond acceptors (Lipinski definition) is 3. The minimum absolute atomic E-state index is 0.0986. The van der Waals surface area contributed by atoms with Gasteiger partial charge >= 0.3 is 0 Å². The Kier molecular flexibility index (Phi) is 6.22. The van der Waals surface area contributed by atoms with Crippen molar-refractivity contribution in [3.8, 4) is 16.9 Å². The predicted octanol–water partition coefficient (Wildman–Crippen LogP) is 5.57. The van der Waals surface area contributed by atoms with E-state index in [4.69, 9.17) is 9.47 Å². The summed E-state index contributed by atoms with van der Waals surface area (Å²) in [5.74, 6) is 1.44. The third-order valence-electron chi connectivity index (χ3n) is 6.25. The Balaban J connectivity index is 1.27. The lowest BCUT2D eigenvalue weighted by atomic mass is 10.0. The summed E-state index contributed by atoms with van der Waals surface area (Å²) in [5, 5.41) is 0. The summed E-state index contributed by atoms with van der Waals surface area (Å²) in [6.07, 6.45) is 3.21. The van der Waals surface area contributed by atoms with E-state index in [2.05, 4.69) is 24.3 Å². The first kappa shape index (κ1) is 20.8. The zero-order valence-corrected chi connectivity index (χ0v) is 18.3. The second-order valence-corrected chi connectivity index (χ2v) is 8.80. The number of amides is 1. The van der Waals surface area contributed by atoms with Gasteiger partial charge < -0.3 is 14.4 Å². The summed E-state index contributed by atoms with van der Waals surface area (Å²) >= 11 is 0. The Morgan fingerprint density at radius 3 is 2.41 bits per heavy atom. The van der Waals surface area contributed by atoms with Crippen molar-refractivity contribution in [2.45, 2.75) is 31.8 Å². The summed E-state index contributed by atoms with van der Waals surface area (Å²) in [6, 6.07) is 26.7. The molecule has 5 rings (SSSR count). The fourth-order valence-electron chi connectivity index (χ4n) is 4.21. The molecular weight excluding hydrogens is 398 g/mol. The number of hydrogen-bond donors (Lipinski definition) is 0. The van der Waals surface area contributed by atoms with Gasteiger partial charge in [-0.1, -0.05) is 54.6 Å². The maximum atomic E-state index is 13.3. The highest BCUT2D eigenvalue weighted by Gasteiger charge is 2.33. The number of carbonyl (C=O) groups is 1. The van der Waals surface area contributed by atoms with Crippen LogP contribution in [0.1, 0.15) is 35.2 Å². The van der Waals surface area contributed by atoms with E-state index in [0.29, 0.717) is 25.1 Å². The van der Waals surface area contributed by atoms with Crippen LogP contribution in [0, 0.1) is 5.92 Å². The molecular formula is C28H29NO3. The molecule has 3 aromatic rings. The molecule has 1 unspecified atom stereocenters. The summed E-state index contributed by atoms with van der Waals surface area (Å²) in [4.78, 5) is 15.4. The summed E-state index contributed by atoms with van der Waals surface area (Å²) in [6.45, 7) is 2.90. The van der Waals surface area contributed by atoms with Crippen molar-refractivity contribution in [2.24, 2.45) is 5.92 Å². The Labute approximate surface area is 189 Å². The molecule has 1 saturated heterocycles. The predicted molar refractivity (Wildman–Crippen MR) is 126 cm³/mol. The van der Waals surface area contributed by atoms with Gasteiger partial charge in [0.1, 0.15) is 5.75 Å². The molecule has 3 aromatic carbocycles. The molecule has 1 aliphatic heterocycles.